The predicted molar refractivity (Wildman–Crippen MR) is 111 cm³/mol. The minimum atomic E-state index is -0.823. The fraction of sp³-hybridized carbons (Fsp3) is 0.364. The summed E-state index contributed by atoms with van der Waals surface area (Å²) in [4.78, 5) is 35.2. The second-order valence-electron chi connectivity index (χ2n) is 7.11. The second kappa shape index (κ2) is 10.9. The van der Waals surface area contributed by atoms with Crippen LogP contribution < -0.4 is 10.1 Å². The molecule has 160 valence electrons. The average molecular weight is 414 g/mol. The van der Waals surface area contributed by atoms with Gasteiger partial charge in [0.05, 0.1) is 23.1 Å². The van der Waals surface area contributed by atoms with E-state index in [1.54, 1.807) is 6.92 Å². The van der Waals surface area contributed by atoms with E-state index in [2.05, 4.69) is 19.2 Å². The van der Waals surface area contributed by atoms with E-state index in [0.29, 0.717) is 5.92 Å². The summed E-state index contributed by atoms with van der Waals surface area (Å²) in [6.07, 6.45) is 0.731. The number of nitrogens with one attached hydrogen (secondary N) is 1. The maximum Gasteiger partial charge on any atom is 0.338 e. The van der Waals surface area contributed by atoms with Crippen LogP contribution in [0.1, 0.15) is 49.2 Å². The molecule has 0 saturated carbocycles. The van der Waals surface area contributed by atoms with Gasteiger partial charge in [0, 0.05) is 6.07 Å². The van der Waals surface area contributed by atoms with Crippen molar-refractivity contribution in [1.82, 2.24) is 5.32 Å². The van der Waals surface area contributed by atoms with Gasteiger partial charge in [-0.3, -0.25) is 14.9 Å². The van der Waals surface area contributed by atoms with Gasteiger partial charge >= 0.3 is 11.7 Å². The topological polar surface area (TPSA) is 108 Å². The summed E-state index contributed by atoms with van der Waals surface area (Å²) in [6.45, 7) is 5.58. The van der Waals surface area contributed by atoms with Crippen molar-refractivity contribution >= 4 is 17.6 Å². The summed E-state index contributed by atoms with van der Waals surface area (Å²) in [5, 5.41) is 14.1. The third-order valence-electron chi connectivity index (χ3n) is 4.27. The number of nitro benzene ring substituents is 1. The number of carbonyl (C=O) groups excluding carboxylic acids is 2. The number of hydrogen-bond acceptors (Lipinski definition) is 6. The number of ether oxygens (including phenoxy) is 2. The number of hydrogen-bond donors (Lipinski definition) is 1. The molecule has 1 atom stereocenters. The maximum atomic E-state index is 12.3. The largest absolute Gasteiger partial charge is 0.487 e. The van der Waals surface area contributed by atoms with Crippen LogP contribution in [0, 0.1) is 16.0 Å². The van der Waals surface area contributed by atoms with Crippen LogP contribution >= 0.6 is 0 Å². The molecule has 0 radical (unpaired) electrons. The lowest BCUT2D eigenvalue weighted by atomic mass is 9.97. The Morgan fingerprint density at radius 3 is 2.43 bits per heavy atom. The van der Waals surface area contributed by atoms with Crippen LogP contribution in [-0.2, 0) is 9.53 Å². The molecule has 1 amide bonds. The molecule has 0 aliphatic heterocycles. The normalized spacial score (nSPS) is 11.6. The van der Waals surface area contributed by atoms with E-state index in [-0.39, 0.29) is 29.6 Å². The van der Waals surface area contributed by atoms with Crippen molar-refractivity contribution in [1.29, 1.82) is 0 Å². The van der Waals surface area contributed by atoms with Gasteiger partial charge in [0.25, 0.3) is 5.91 Å². The molecule has 0 aliphatic rings. The van der Waals surface area contributed by atoms with Gasteiger partial charge in [0.1, 0.15) is 0 Å². The van der Waals surface area contributed by atoms with Crippen LogP contribution in [0.25, 0.3) is 0 Å². The fourth-order valence-corrected chi connectivity index (χ4v) is 2.95. The number of nitrogens with zero attached hydrogens (tertiary/aromatic N) is 1. The van der Waals surface area contributed by atoms with Crippen LogP contribution in [0.15, 0.2) is 48.5 Å². The zero-order chi connectivity index (χ0) is 22.1. The third-order valence-corrected chi connectivity index (χ3v) is 4.27. The van der Waals surface area contributed by atoms with E-state index in [0.717, 1.165) is 18.1 Å². The minimum absolute atomic E-state index is 0.0280. The van der Waals surface area contributed by atoms with E-state index < -0.39 is 23.4 Å². The van der Waals surface area contributed by atoms with Crippen LogP contribution in [0.5, 0.6) is 5.75 Å². The highest BCUT2D eigenvalue weighted by Gasteiger charge is 2.21. The first-order chi connectivity index (χ1) is 14.3. The molecule has 0 bridgehead atoms. The van der Waals surface area contributed by atoms with E-state index >= 15 is 0 Å². The van der Waals surface area contributed by atoms with E-state index in [1.165, 1.54) is 12.1 Å². The molecular formula is C22H26N2O6. The van der Waals surface area contributed by atoms with Crippen molar-refractivity contribution in [3.05, 3.63) is 69.8 Å². The molecule has 8 nitrogen and oxygen atoms in total. The third kappa shape index (κ3) is 6.58. The summed E-state index contributed by atoms with van der Waals surface area (Å²) >= 11 is 0. The molecule has 0 heterocycles. The molecule has 2 rings (SSSR count). The molecule has 2 aromatic rings. The Labute approximate surface area is 175 Å². The summed E-state index contributed by atoms with van der Waals surface area (Å²) < 4.78 is 10.2. The predicted octanol–water partition coefficient (Wildman–Crippen LogP) is 4.05. The highest BCUT2D eigenvalue weighted by atomic mass is 16.6. The molecule has 0 spiro atoms. The van der Waals surface area contributed by atoms with Gasteiger partial charge in [-0.25, -0.2) is 4.79 Å². The molecule has 0 fully saturated rings. The maximum absolute atomic E-state index is 12.3. The van der Waals surface area contributed by atoms with Gasteiger partial charge in [-0.05, 0) is 37.0 Å². The van der Waals surface area contributed by atoms with Gasteiger partial charge in [-0.15, -0.1) is 0 Å². The molecule has 2 aromatic carbocycles. The number of benzene rings is 2. The Morgan fingerprint density at radius 1 is 1.13 bits per heavy atom. The average Bonchev–Trinajstić information content (AvgIpc) is 2.72. The van der Waals surface area contributed by atoms with Gasteiger partial charge in [0.2, 0.25) is 0 Å². The summed E-state index contributed by atoms with van der Waals surface area (Å²) in [6, 6.07) is 13.1. The zero-order valence-electron chi connectivity index (χ0n) is 17.3. The summed E-state index contributed by atoms with van der Waals surface area (Å²) in [5.41, 5.74) is 0.601. The molecule has 0 saturated heterocycles. The second-order valence-corrected chi connectivity index (χ2v) is 7.11. The molecular weight excluding hydrogens is 388 g/mol. The summed E-state index contributed by atoms with van der Waals surface area (Å²) in [7, 11) is 0. The monoisotopic (exact) mass is 414 g/mol. The van der Waals surface area contributed by atoms with Gasteiger partial charge in [-0.2, -0.15) is 0 Å². The highest BCUT2D eigenvalue weighted by molar-refractivity contribution is 5.92. The lowest BCUT2D eigenvalue weighted by Gasteiger charge is -2.21. The Morgan fingerprint density at radius 2 is 1.83 bits per heavy atom. The molecule has 0 unspecified atom stereocenters. The quantitative estimate of drug-likeness (QED) is 0.357. The Kier molecular flexibility index (Phi) is 8.34. The van der Waals surface area contributed by atoms with Crippen molar-refractivity contribution in [3.8, 4) is 5.75 Å². The lowest BCUT2D eigenvalue weighted by Crippen LogP contribution is -2.33. The molecule has 30 heavy (non-hydrogen) atoms. The van der Waals surface area contributed by atoms with E-state index in [4.69, 9.17) is 9.47 Å². The number of amides is 1. The SMILES string of the molecule is CCOc1ccc(C(=O)OCC(=O)N[C@H](CC(C)C)c2ccccc2)cc1[N+](=O)[O-]. The molecule has 1 N–H and O–H groups in total. The summed E-state index contributed by atoms with van der Waals surface area (Å²) in [5.74, 6) is -0.853. The first-order valence-corrected chi connectivity index (χ1v) is 9.74. The Bertz CT molecular complexity index is 882. The highest BCUT2D eigenvalue weighted by Crippen LogP contribution is 2.28. The van der Waals surface area contributed by atoms with Crippen molar-refractivity contribution < 1.29 is 24.0 Å². The van der Waals surface area contributed by atoms with Gasteiger partial charge < -0.3 is 14.8 Å². The first-order valence-electron chi connectivity index (χ1n) is 9.74. The minimum Gasteiger partial charge on any atom is -0.487 e. The standard InChI is InChI=1S/C22H26N2O6/c1-4-29-20-11-10-17(13-19(20)24(27)28)22(26)30-14-21(25)23-18(12-15(2)3)16-8-6-5-7-9-16/h5-11,13,15,18H,4,12,14H2,1-3H3,(H,23,25)/t18-/m1/s1. The molecule has 0 aromatic heterocycles. The van der Waals surface area contributed by atoms with E-state index in [1.807, 2.05) is 30.3 Å². The van der Waals surface area contributed by atoms with Crippen molar-refractivity contribution in [3.63, 3.8) is 0 Å². The lowest BCUT2D eigenvalue weighted by molar-refractivity contribution is -0.385. The van der Waals surface area contributed by atoms with Crippen molar-refractivity contribution in [2.24, 2.45) is 5.92 Å². The van der Waals surface area contributed by atoms with Crippen LogP contribution in [0.2, 0.25) is 0 Å². The first kappa shape index (κ1) is 22.9. The van der Waals surface area contributed by atoms with Crippen LogP contribution in [0.3, 0.4) is 0 Å². The number of carbonyl (C=O) groups is 2. The number of rotatable bonds is 10. The van der Waals surface area contributed by atoms with E-state index in [9.17, 15) is 19.7 Å². The molecule has 8 heteroatoms. The van der Waals surface area contributed by atoms with Gasteiger partial charge in [-0.1, -0.05) is 44.2 Å². The van der Waals surface area contributed by atoms with Crippen LogP contribution in [0.4, 0.5) is 5.69 Å². The Balaban J connectivity index is 2.01. The Hall–Kier alpha value is -3.42. The smallest absolute Gasteiger partial charge is 0.338 e. The van der Waals surface area contributed by atoms with Gasteiger partial charge in [0.15, 0.2) is 12.4 Å². The molecule has 0 aliphatic carbocycles. The van der Waals surface area contributed by atoms with Crippen molar-refractivity contribution in [2.45, 2.75) is 33.2 Å². The number of nitro groups is 1. The van der Waals surface area contributed by atoms with Crippen molar-refractivity contribution in [2.75, 3.05) is 13.2 Å². The number of esters is 1. The fourth-order valence-electron chi connectivity index (χ4n) is 2.95. The van der Waals surface area contributed by atoms with Crippen LogP contribution in [-0.4, -0.2) is 30.0 Å². The zero-order valence-corrected chi connectivity index (χ0v) is 17.3.